The molecule has 204 valence electrons. The Morgan fingerprint density at radius 1 is 0.769 bits per heavy atom. The molecule has 0 aromatic heterocycles. The van der Waals surface area contributed by atoms with E-state index in [9.17, 15) is 14.4 Å². The van der Waals surface area contributed by atoms with Gasteiger partial charge >= 0.3 is 5.97 Å². The van der Waals surface area contributed by atoms with Gasteiger partial charge in [-0.2, -0.15) is 0 Å². The van der Waals surface area contributed by atoms with Gasteiger partial charge in [0.05, 0.1) is 12.0 Å². The fraction of sp³-hybridized carbons (Fsp3) is 0.323. The minimum absolute atomic E-state index is 0.00883. The number of hydrogen-bond acceptors (Lipinski definition) is 5. The third-order valence-electron chi connectivity index (χ3n) is 6.84. The second-order valence-corrected chi connectivity index (χ2v) is 9.66. The quantitative estimate of drug-likeness (QED) is 0.301. The first kappa shape index (κ1) is 27.7. The van der Waals surface area contributed by atoms with Crippen LogP contribution in [0.25, 0.3) is 0 Å². The molecular weight excluding hydrogens is 496 g/mol. The van der Waals surface area contributed by atoms with Crippen molar-refractivity contribution in [3.05, 3.63) is 95.6 Å². The number of carbonyl (C=O) groups excluding carboxylic acids is 2. The van der Waals surface area contributed by atoms with Crippen LogP contribution in [0.3, 0.4) is 0 Å². The molecule has 3 N–H and O–H groups in total. The van der Waals surface area contributed by atoms with Crippen LogP contribution in [-0.4, -0.2) is 42.1 Å². The molecule has 8 heteroatoms. The zero-order valence-corrected chi connectivity index (χ0v) is 22.0. The number of amides is 2. The summed E-state index contributed by atoms with van der Waals surface area (Å²) < 4.78 is 11.9. The zero-order valence-electron chi connectivity index (χ0n) is 22.0. The third-order valence-corrected chi connectivity index (χ3v) is 6.84. The van der Waals surface area contributed by atoms with Gasteiger partial charge < -0.3 is 25.2 Å². The Labute approximate surface area is 228 Å². The van der Waals surface area contributed by atoms with E-state index in [1.807, 2.05) is 37.3 Å². The van der Waals surface area contributed by atoms with Crippen molar-refractivity contribution in [3.63, 3.8) is 0 Å². The number of carboxylic acids is 1. The van der Waals surface area contributed by atoms with Crippen LogP contribution in [0.4, 0.5) is 0 Å². The SMILES string of the molecule is C[C@@H](Oc1ccc(C(=O)NCCNC(=O)c2ccc(O[C@H]3CC[C@@H](C(=O)O)CC3)cc2)cc1)c1ccccc1. The normalized spacial score (nSPS) is 17.5. The van der Waals surface area contributed by atoms with Gasteiger partial charge in [0.1, 0.15) is 17.6 Å². The maximum Gasteiger partial charge on any atom is 0.306 e. The Hall–Kier alpha value is -4.33. The van der Waals surface area contributed by atoms with Crippen LogP contribution in [-0.2, 0) is 4.79 Å². The van der Waals surface area contributed by atoms with E-state index in [1.54, 1.807) is 48.5 Å². The zero-order chi connectivity index (χ0) is 27.6. The summed E-state index contributed by atoms with van der Waals surface area (Å²) in [5, 5.41) is 14.7. The summed E-state index contributed by atoms with van der Waals surface area (Å²) in [4.78, 5) is 36.0. The lowest BCUT2D eigenvalue weighted by molar-refractivity contribution is -0.143. The fourth-order valence-corrected chi connectivity index (χ4v) is 4.54. The Kier molecular flexibility index (Phi) is 9.56. The van der Waals surface area contributed by atoms with Gasteiger partial charge in [-0.05, 0) is 86.7 Å². The molecule has 1 aliphatic rings. The van der Waals surface area contributed by atoms with Gasteiger partial charge in [0.15, 0.2) is 0 Å². The van der Waals surface area contributed by atoms with E-state index in [0.717, 1.165) is 5.56 Å². The van der Waals surface area contributed by atoms with Crippen molar-refractivity contribution >= 4 is 17.8 Å². The summed E-state index contributed by atoms with van der Waals surface area (Å²) in [7, 11) is 0. The summed E-state index contributed by atoms with van der Waals surface area (Å²) in [6.45, 7) is 2.54. The van der Waals surface area contributed by atoms with Gasteiger partial charge in [0, 0.05) is 24.2 Å². The highest BCUT2D eigenvalue weighted by molar-refractivity contribution is 5.95. The third kappa shape index (κ3) is 8.07. The van der Waals surface area contributed by atoms with Crippen LogP contribution in [0, 0.1) is 5.92 Å². The molecule has 3 aromatic carbocycles. The molecule has 1 atom stereocenters. The Morgan fingerprint density at radius 2 is 1.28 bits per heavy atom. The van der Waals surface area contributed by atoms with E-state index in [4.69, 9.17) is 14.6 Å². The summed E-state index contributed by atoms with van der Waals surface area (Å²) >= 11 is 0. The maximum absolute atomic E-state index is 12.5. The lowest BCUT2D eigenvalue weighted by Gasteiger charge is -2.26. The maximum atomic E-state index is 12.5. The molecule has 0 radical (unpaired) electrons. The predicted octanol–water partition coefficient (Wildman–Crippen LogP) is 5.01. The van der Waals surface area contributed by atoms with Crippen LogP contribution in [0.1, 0.15) is 65.0 Å². The van der Waals surface area contributed by atoms with Crippen molar-refractivity contribution in [2.45, 2.75) is 44.8 Å². The number of carboxylic acid groups (broad SMARTS) is 1. The highest BCUT2D eigenvalue weighted by atomic mass is 16.5. The Bertz CT molecular complexity index is 1240. The molecule has 1 fully saturated rings. The standard InChI is InChI=1S/C31H34N2O6/c1-21(22-5-3-2-4-6-22)38-26-13-7-23(8-14-26)29(34)32-19-20-33-30(35)24-9-15-27(16-10-24)39-28-17-11-25(12-18-28)31(36)37/h2-10,13-16,21,25,28H,11-12,17-20H2,1H3,(H,32,34)(H,33,35)(H,36,37)/t21-,25-,28+/m1/s1. The highest BCUT2D eigenvalue weighted by Crippen LogP contribution is 2.28. The van der Waals surface area contributed by atoms with Crippen LogP contribution in [0.5, 0.6) is 11.5 Å². The number of rotatable bonds is 11. The van der Waals surface area contributed by atoms with Gasteiger partial charge in [-0.1, -0.05) is 30.3 Å². The van der Waals surface area contributed by atoms with E-state index in [0.29, 0.717) is 48.3 Å². The first-order valence-electron chi connectivity index (χ1n) is 13.3. The largest absolute Gasteiger partial charge is 0.490 e. The molecule has 8 nitrogen and oxygen atoms in total. The summed E-state index contributed by atoms with van der Waals surface area (Å²) in [6, 6.07) is 23.7. The molecule has 0 unspecified atom stereocenters. The molecule has 1 aliphatic carbocycles. The number of benzene rings is 3. The van der Waals surface area contributed by atoms with Gasteiger partial charge in [-0.3, -0.25) is 14.4 Å². The van der Waals surface area contributed by atoms with Crippen molar-refractivity contribution in [2.24, 2.45) is 5.92 Å². The minimum atomic E-state index is -0.739. The number of hydrogen-bond donors (Lipinski definition) is 3. The van der Waals surface area contributed by atoms with E-state index in [2.05, 4.69) is 10.6 Å². The van der Waals surface area contributed by atoms with Crippen LogP contribution >= 0.6 is 0 Å². The molecule has 4 rings (SSSR count). The second-order valence-electron chi connectivity index (χ2n) is 9.66. The number of carbonyl (C=O) groups is 3. The van der Waals surface area contributed by atoms with Crippen LogP contribution in [0.15, 0.2) is 78.9 Å². The molecule has 0 aliphatic heterocycles. The van der Waals surface area contributed by atoms with Gasteiger partial charge in [-0.15, -0.1) is 0 Å². The lowest BCUT2D eigenvalue weighted by atomic mass is 9.87. The van der Waals surface area contributed by atoms with Crippen molar-refractivity contribution in [2.75, 3.05) is 13.1 Å². The second kappa shape index (κ2) is 13.5. The van der Waals surface area contributed by atoms with E-state index in [1.165, 1.54) is 0 Å². The van der Waals surface area contributed by atoms with Crippen molar-refractivity contribution in [1.82, 2.24) is 10.6 Å². The Morgan fingerprint density at radius 3 is 1.79 bits per heavy atom. The van der Waals surface area contributed by atoms with Gasteiger partial charge in [-0.25, -0.2) is 0 Å². The molecule has 0 heterocycles. The summed E-state index contributed by atoms with van der Waals surface area (Å²) in [5.74, 6) is -0.162. The number of ether oxygens (including phenoxy) is 2. The van der Waals surface area contributed by atoms with Crippen LogP contribution in [0.2, 0.25) is 0 Å². The molecule has 0 spiro atoms. The monoisotopic (exact) mass is 530 g/mol. The molecule has 1 saturated carbocycles. The van der Waals surface area contributed by atoms with Crippen LogP contribution < -0.4 is 20.1 Å². The number of nitrogens with one attached hydrogen (secondary N) is 2. The Balaban J connectivity index is 1.15. The number of aliphatic carboxylic acids is 1. The predicted molar refractivity (Wildman–Crippen MR) is 147 cm³/mol. The van der Waals surface area contributed by atoms with Gasteiger partial charge in [0.25, 0.3) is 11.8 Å². The van der Waals surface area contributed by atoms with Gasteiger partial charge in [0.2, 0.25) is 0 Å². The van der Waals surface area contributed by atoms with Crippen molar-refractivity contribution in [1.29, 1.82) is 0 Å². The average Bonchev–Trinajstić information content (AvgIpc) is 2.96. The lowest BCUT2D eigenvalue weighted by Crippen LogP contribution is -2.34. The summed E-state index contributed by atoms with van der Waals surface area (Å²) in [5.41, 5.74) is 2.07. The smallest absolute Gasteiger partial charge is 0.306 e. The van der Waals surface area contributed by atoms with E-state index < -0.39 is 5.97 Å². The fourth-order valence-electron chi connectivity index (χ4n) is 4.54. The minimum Gasteiger partial charge on any atom is -0.490 e. The molecule has 39 heavy (non-hydrogen) atoms. The van der Waals surface area contributed by atoms with E-state index in [-0.39, 0.29) is 43.0 Å². The molecule has 0 bridgehead atoms. The first-order chi connectivity index (χ1) is 18.9. The first-order valence-corrected chi connectivity index (χ1v) is 13.3. The van der Waals surface area contributed by atoms with E-state index >= 15 is 0 Å². The average molecular weight is 531 g/mol. The van der Waals surface area contributed by atoms with Crippen molar-refractivity contribution < 1.29 is 29.0 Å². The highest BCUT2D eigenvalue weighted by Gasteiger charge is 2.26. The molecule has 3 aromatic rings. The van der Waals surface area contributed by atoms with Crippen molar-refractivity contribution in [3.8, 4) is 11.5 Å². The summed E-state index contributed by atoms with van der Waals surface area (Å²) in [6.07, 6.45) is 2.52. The molecule has 0 saturated heterocycles. The molecular formula is C31H34N2O6. The molecule has 2 amide bonds. The topological polar surface area (TPSA) is 114 Å².